The van der Waals surface area contributed by atoms with Gasteiger partial charge in [-0.2, -0.15) is 0 Å². The van der Waals surface area contributed by atoms with Crippen LogP contribution in [0, 0.1) is 0 Å². The zero-order chi connectivity index (χ0) is 19.7. The average Bonchev–Trinajstić information content (AvgIpc) is 2.67. The smallest absolute Gasteiger partial charge is 0.408 e. The number of ether oxygens (including phenoxy) is 1. The molecule has 2 aromatic rings. The van der Waals surface area contributed by atoms with Crippen molar-refractivity contribution in [2.24, 2.45) is 0 Å². The molecule has 0 aliphatic rings. The predicted octanol–water partition coefficient (Wildman–Crippen LogP) is 2.59. The molecule has 0 aliphatic carbocycles. The minimum Gasteiger partial charge on any atom is -0.445 e. The Hall–Kier alpha value is -2.87. The van der Waals surface area contributed by atoms with Crippen LogP contribution in [0.5, 0.6) is 0 Å². The lowest BCUT2D eigenvalue weighted by Gasteiger charge is -2.17. The Labute approximate surface area is 158 Å². The molecular formula is C19H22N2O5S. The van der Waals surface area contributed by atoms with Crippen molar-refractivity contribution in [3.8, 4) is 0 Å². The van der Waals surface area contributed by atoms with Crippen molar-refractivity contribution in [3.63, 3.8) is 0 Å². The monoisotopic (exact) mass is 390 g/mol. The van der Waals surface area contributed by atoms with Gasteiger partial charge in [-0.25, -0.2) is 17.9 Å². The lowest BCUT2D eigenvalue weighted by Crippen LogP contribution is -2.48. The zero-order valence-corrected chi connectivity index (χ0v) is 15.7. The highest BCUT2D eigenvalue weighted by molar-refractivity contribution is 7.90. The number of nitrogens with one attached hydrogen (secondary N) is 2. The van der Waals surface area contributed by atoms with Crippen molar-refractivity contribution in [2.75, 3.05) is 0 Å². The van der Waals surface area contributed by atoms with Crippen molar-refractivity contribution < 1.29 is 22.7 Å². The zero-order valence-electron chi connectivity index (χ0n) is 14.9. The molecule has 2 N–H and O–H groups in total. The summed E-state index contributed by atoms with van der Waals surface area (Å²) in [6.45, 7) is 1.87. The summed E-state index contributed by atoms with van der Waals surface area (Å²) in [5, 5.41) is 2.42. The molecule has 0 saturated carbocycles. The van der Waals surface area contributed by atoms with E-state index in [0.717, 1.165) is 5.56 Å². The number of hydrogen-bond acceptors (Lipinski definition) is 5. The number of amides is 2. The highest BCUT2D eigenvalue weighted by Gasteiger charge is 2.25. The van der Waals surface area contributed by atoms with Gasteiger partial charge < -0.3 is 10.1 Å². The van der Waals surface area contributed by atoms with Crippen LogP contribution in [0.1, 0.15) is 25.3 Å². The van der Waals surface area contributed by atoms with Gasteiger partial charge in [-0.15, -0.1) is 0 Å². The Bertz CT molecular complexity index is 854. The molecule has 2 rings (SSSR count). The first-order valence-electron chi connectivity index (χ1n) is 8.51. The van der Waals surface area contributed by atoms with Crippen molar-refractivity contribution in [2.45, 2.75) is 37.3 Å². The Balaban J connectivity index is 1.96. The Kier molecular flexibility index (Phi) is 7.36. The molecule has 7 nitrogen and oxygen atoms in total. The molecule has 0 bridgehead atoms. The maximum Gasteiger partial charge on any atom is 0.408 e. The van der Waals surface area contributed by atoms with Gasteiger partial charge in [-0.1, -0.05) is 61.9 Å². The van der Waals surface area contributed by atoms with E-state index in [0.29, 0.717) is 6.42 Å². The topological polar surface area (TPSA) is 102 Å². The molecule has 0 spiro atoms. The average molecular weight is 390 g/mol. The third-order valence-corrected chi connectivity index (χ3v) is 5.05. The summed E-state index contributed by atoms with van der Waals surface area (Å²) in [7, 11) is -4.01. The first-order valence-corrected chi connectivity index (χ1v) is 9.99. The fraction of sp³-hybridized carbons (Fsp3) is 0.263. The quantitative estimate of drug-likeness (QED) is 0.721. The van der Waals surface area contributed by atoms with E-state index in [1.807, 2.05) is 29.8 Å². The summed E-state index contributed by atoms with van der Waals surface area (Å²) >= 11 is 0. The van der Waals surface area contributed by atoms with Crippen molar-refractivity contribution in [1.82, 2.24) is 10.0 Å². The van der Waals surface area contributed by atoms with Gasteiger partial charge in [0.2, 0.25) is 0 Å². The van der Waals surface area contributed by atoms with E-state index in [4.69, 9.17) is 4.74 Å². The molecule has 0 saturated heterocycles. The van der Waals surface area contributed by atoms with Gasteiger partial charge >= 0.3 is 6.09 Å². The number of alkyl carbamates (subject to hydrolysis) is 1. The van der Waals surface area contributed by atoms with Crippen LogP contribution in [-0.4, -0.2) is 26.5 Å². The van der Waals surface area contributed by atoms with Crippen molar-refractivity contribution in [3.05, 3.63) is 66.2 Å². The van der Waals surface area contributed by atoms with E-state index in [2.05, 4.69) is 5.32 Å². The van der Waals surface area contributed by atoms with Crippen molar-refractivity contribution in [1.29, 1.82) is 0 Å². The van der Waals surface area contributed by atoms with E-state index < -0.39 is 28.1 Å². The molecule has 0 aliphatic heterocycles. The number of rotatable bonds is 8. The van der Waals surface area contributed by atoms with Gasteiger partial charge in [0.1, 0.15) is 12.6 Å². The Morgan fingerprint density at radius 2 is 1.59 bits per heavy atom. The molecule has 144 valence electrons. The molecule has 2 amide bonds. The summed E-state index contributed by atoms with van der Waals surface area (Å²) in [6, 6.07) is 15.6. The highest BCUT2D eigenvalue weighted by Crippen LogP contribution is 2.08. The van der Waals surface area contributed by atoms with Gasteiger partial charge in [0.05, 0.1) is 4.90 Å². The van der Waals surface area contributed by atoms with Crippen LogP contribution in [0.3, 0.4) is 0 Å². The largest absolute Gasteiger partial charge is 0.445 e. The van der Waals surface area contributed by atoms with Crippen LogP contribution in [0.25, 0.3) is 0 Å². The third-order valence-electron chi connectivity index (χ3n) is 3.69. The van der Waals surface area contributed by atoms with Gasteiger partial charge in [-0.3, -0.25) is 4.79 Å². The molecule has 0 radical (unpaired) electrons. The van der Waals surface area contributed by atoms with Crippen LogP contribution in [0.4, 0.5) is 4.79 Å². The molecule has 27 heavy (non-hydrogen) atoms. The molecule has 0 heterocycles. The van der Waals surface area contributed by atoms with Gasteiger partial charge in [0.15, 0.2) is 0 Å². The van der Waals surface area contributed by atoms with E-state index in [1.54, 1.807) is 30.3 Å². The predicted molar refractivity (Wildman–Crippen MR) is 100 cm³/mol. The van der Waals surface area contributed by atoms with Gasteiger partial charge in [0, 0.05) is 0 Å². The second-order valence-electron chi connectivity index (χ2n) is 5.83. The molecule has 8 heteroatoms. The number of carbonyl (C=O) groups excluding carboxylic acids is 2. The molecule has 0 aromatic heterocycles. The van der Waals surface area contributed by atoms with Crippen LogP contribution < -0.4 is 10.0 Å². The van der Waals surface area contributed by atoms with Crippen LogP contribution in [0.15, 0.2) is 65.6 Å². The maximum absolute atomic E-state index is 12.4. The fourth-order valence-corrected chi connectivity index (χ4v) is 3.37. The molecule has 0 unspecified atom stereocenters. The summed E-state index contributed by atoms with van der Waals surface area (Å²) in [6.07, 6.45) is 0.0588. The molecule has 2 aromatic carbocycles. The number of carbonyl (C=O) groups is 2. The maximum atomic E-state index is 12.4. The Morgan fingerprint density at radius 1 is 1.00 bits per heavy atom. The van der Waals surface area contributed by atoms with E-state index in [1.165, 1.54) is 12.1 Å². The minimum absolute atomic E-state index is 0.0275. The number of benzene rings is 2. The first-order chi connectivity index (χ1) is 12.9. The first kappa shape index (κ1) is 20.4. The number of hydrogen-bond donors (Lipinski definition) is 2. The SMILES string of the molecule is CCC[C@H](NC(=O)OCc1ccccc1)C(=O)NS(=O)(=O)c1ccccc1. The molecular weight excluding hydrogens is 368 g/mol. The lowest BCUT2D eigenvalue weighted by molar-refractivity contribution is -0.121. The minimum atomic E-state index is -4.01. The van der Waals surface area contributed by atoms with Crippen LogP contribution in [-0.2, 0) is 26.2 Å². The Morgan fingerprint density at radius 3 is 2.19 bits per heavy atom. The van der Waals surface area contributed by atoms with E-state index in [9.17, 15) is 18.0 Å². The molecule has 1 atom stereocenters. The second-order valence-corrected chi connectivity index (χ2v) is 7.51. The van der Waals surface area contributed by atoms with E-state index >= 15 is 0 Å². The van der Waals surface area contributed by atoms with Gasteiger partial charge in [0.25, 0.3) is 15.9 Å². The second kappa shape index (κ2) is 9.72. The number of sulfonamides is 1. The highest BCUT2D eigenvalue weighted by atomic mass is 32.2. The summed E-state index contributed by atoms with van der Waals surface area (Å²) < 4.78 is 31.6. The summed E-state index contributed by atoms with van der Waals surface area (Å²) in [5.41, 5.74) is 0.802. The van der Waals surface area contributed by atoms with Crippen LogP contribution in [0.2, 0.25) is 0 Å². The fourth-order valence-electron chi connectivity index (χ4n) is 2.33. The summed E-state index contributed by atoms with van der Waals surface area (Å²) in [5.74, 6) is -0.808. The van der Waals surface area contributed by atoms with E-state index in [-0.39, 0.29) is 17.9 Å². The summed E-state index contributed by atoms with van der Waals surface area (Å²) in [4.78, 5) is 24.3. The van der Waals surface area contributed by atoms with Crippen LogP contribution >= 0.6 is 0 Å². The normalized spacial score (nSPS) is 12.0. The lowest BCUT2D eigenvalue weighted by atomic mass is 10.1. The third kappa shape index (κ3) is 6.41. The standard InChI is InChI=1S/C19H22N2O5S/c1-2-9-17(20-19(23)26-14-15-10-5-3-6-11-15)18(22)21-27(24,25)16-12-7-4-8-13-16/h3-8,10-13,17H,2,9,14H2,1H3,(H,20,23)(H,21,22)/t17-/m0/s1. The van der Waals surface area contributed by atoms with Gasteiger partial charge in [-0.05, 0) is 24.1 Å². The molecule has 0 fully saturated rings. The van der Waals surface area contributed by atoms with Crippen molar-refractivity contribution >= 4 is 22.0 Å².